The van der Waals surface area contributed by atoms with Crippen LogP contribution in [0.15, 0.2) is 46.2 Å². The molecule has 1 aromatic carbocycles. The van der Waals surface area contributed by atoms with Crippen molar-refractivity contribution < 1.29 is 4.52 Å². The highest BCUT2D eigenvalue weighted by Gasteiger charge is 2.20. The highest BCUT2D eigenvalue weighted by Crippen LogP contribution is 2.34. The number of hydrogen-bond acceptors (Lipinski definition) is 6. The first kappa shape index (κ1) is 15.6. The highest BCUT2D eigenvalue weighted by atomic mass is 32.2. The van der Waals surface area contributed by atoms with Crippen molar-refractivity contribution in [2.45, 2.75) is 37.1 Å². The van der Waals surface area contributed by atoms with Crippen molar-refractivity contribution in [1.82, 2.24) is 19.8 Å². The molecule has 6 nitrogen and oxygen atoms in total. The molecule has 0 fully saturated rings. The summed E-state index contributed by atoms with van der Waals surface area (Å²) in [5, 5.41) is 4.68. The van der Waals surface area contributed by atoms with Crippen molar-refractivity contribution in [2.75, 3.05) is 5.84 Å². The topological polar surface area (TPSA) is 82.8 Å². The molecule has 0 spiro atoms. The third kappa shape index (κ3) is 3.39. The number of nitrogens with two attached hydrogens (primary N) is 1. The first-order valence-electron chi connectivity index (χ1n) is 7.44. The molecule has 2 N–H and O–H groups in total. The van der Waals surface area contributed by atoms with E-state index >= 15 is 0 Å². The number of nitrogen functional groups attached to an aromatic ring is 1. The molecule has 2 heterocycles. The Morgan fingerprint density at radius 3 is 2.52 bits per heavy atom. The van der Waals surface area contributed by atoms with Crippen LogP contribution in [0.4, 0.5) is 0 Å². The molecule has 0 unspecified atom stereocenters. The van der Waals surface area contributed by atoms with Crippen LogP contribution in [0.3, 0.4) is 0 Å². The van der Waals surface area contributed by atoms with E-state index in [1.54, 1.807) is 0 Å². The quantitative estimate of drug-likeness (QED) is 0.568. The molecule has 0 aliphatic rings. The Balaban J connectivity index is 1.78. The van der Waals surface area contributed by atoms with E-state index in [0.29, 0.717) is 16.9 Å². The lowest BCUT2D eigenvalue weighted by molar-refractivity contribution is 0.373. The normalized spacial score (nSPS) is 12.7. The average molecular weight is 329 g/mol. The highest BCUT2D eigenvalue weighted by molar-refractivity contribution is 7.99. The number of hydrogen-bond donors (Lipinski definition) is 1. The first-order chi connectivity index (χ1) is 11.0. The van der Waals surface area contributed by atoms with Crippen LogP contribution in [0, 0.1) is 0 Å². The number of benzene rings is 1. The van der Waals surface area contributed by atoms with Crippen LogP contribution in [0.1, 0.15) is 43.7 Å². The van der Waals surface area contributed by atoms with Gasteiger partial charge in [-0.2, -0.15) is 4.98 Å². The summed E-state index contributed by atoms with van der Waals surface area (Å²) in [4.78, 5) is 9.02. The molecule has 2 aromatic heterocycles. The monoisotopic (exact) mass is 329 g/mol. The zero-order chi connectivity index (χ0) is 16.4. The SMILES string of the molecule is CC(C)c1noc([C@H](C)Sc2nc(-c3ccccc3)cn2N)n1. The minimum atomic E-state index is -0.0247. The molecule has 3 aromatic rings. The summed E-state index contributed by atoms with van der Waals surface area (Å²) in [6.45, 7) is 6.06. The van der Waals surface area contributed by atoms with Gasteiger partial charge in [0, 0.05) is 11.5 Å². The molecule has 0 aliphatic heterocycles. The fourth-order valence-corrected chi connectivity index (χ4v) is 2.91. The van der Waals surface area contributed by atoms with Crippen LogP contribution in [-0.4, -0.2) is 19.8 Å². The summed E-state index contributed by atoms with van der Waals surface area (Å²) in [6.07, 6.45) is 1.82. The van der Waals surface area contributed by atoms with Crippen LogP contribution in [-0.2, 0) is 0 Å². The summed E-state index contributed by atoms with van der Waals surface area (Å²) in [6, 6.07) is 9.95. The van der Waals surface area contributed by atoms with Crippen LogP contribution in [0.5, 0.6) is 0 Å². The van der Waals surface area contributed by atoms with Crippen LogP contribution in [0.2, 0.25) is 0 Å². The van der Waals surface area contributed by atoms with Gasteiger partial charge in [-0.05, 0) is 6.92 Å². The van der Waals surface area contributed by atoms with Crippen molar-refractivity contribution >= 4 is 11.8 Å². The van der Waals surface area contributed by atoms with Gasteiger partial charge in [0.15, 0.2) is 11.0 Å². The van der Waals surface area contributed by atoms with Gasteiger partial charge in [-0.15, -0.1) is 0 Å². The van der Waals surface area contributed by atoms with Gasteiger partial charge in [0.2, 0.25) is 5.89 Å². The summed E-state index contributed by atoms with van der Waals surface area (Å²) >= 11 is 1.49. The molecule has 0 aliphatic carbocycles. The average Bonchev–Trinajstić information content (AvgIpc) is 3.16. The van der Waals surface area contributed by atoms with Gasteiger partial charge in [-0.1, -0.05) is 61.1 Å². The molecule has 7 heteroatoms. The van der Waals surface area contributed by atoms with E-state index in [1.165, 1.54) is 16.4 Å². The van der Waals surface area contributed by atoms with Gasteiger partial charge in [0.1, 0.15) is 0 Å². The standard InChI is InChI=1S/C16H19N5OS/c1-10(2)14-19-15(22-20-14)11(3)23-16-18-13(9-21(16)17)12-7-5-4-6-8-12/h4-11H,17H2,1-3H3/t11-/m0/s1. The van der Waals surface area contributed by atoms with Crippen molar-refractivity contribution in [1.29, 1.82) is 0 Å². The second-order valence-electron chi connectivity index (χ2n) is 5.59. The Kier molecular flexibility index (Phi) is 4.38. The lowest BCUT2D eigenvalue weighted by Crippen LogP contribution is -2.08. The molecule has 1 atom stereocenters. The van der Waals surface area contributed by atoms with Gasteiger partial charge in [-0.3, -0.25) is 0 Å². The molecule has 0 saturated carbocycles. The molecule has 0 saturated heterocycles. The summed E-state index contributed by atoms with van der Waals surface area (Å²) in [5.74, 6) is 7.57. The predicted molar refractivity (Wildman–Crippen MR) is 90.5 cm³/mol. The zero-order valence-corrected chi connectivity index (χ0v) is 14.1. The molecule has 23 heavy (non-hydrogen) atoms. The van der Waals surface area contributed by atoms with Crippen molar-refractivity contribution in [2.24, 2.45) is 0 Å². The molecule has 0 radical (unpaired) electrons. The Bertz CT molecular complexity index is 781. The molecular weight excluding hydrogens is 310 g/mol. The van der Waals surface area contributed by atoms with E-state index < -0.39 is 0 Å². The predicted octanol–water partition coefficient (Wildman–Crippen LogP) is 3.62. The molecular formula is C16H19N5OS. The van der Waals surface area contributed by atoms with Gasteiger partial charge < -0.3 is 10.4 Å². The summed E-state index contributed by atoms with van der Waals surface area (Å²) in [5.41, 5.74) is 1.88. The third-order valence-electron chi connectivity index (χ3n) is 3.37. The van der Waals surface area contributed by atoms with Crippen molar-refractivity contribution in [3.8, 4) is 11.3 Å². The van der Waals surface area contributed by atoms with E-state index in [-0.39, 0.29) is 11.2 Å². The second kappa shape index (κ2) is 6.45. The Hall–Kier alpha value is -2.28. The number of nitrogens with zero attached hydrogens (tertiary/aromatic N) is 4. The van der Waals surface area contributed by atoms with Gasteiger partial charge >= 0.3 is 0 Å². The maximum atomic E-state index is 6.03. The molecule has 3 rings (SSSR count). The number of rotatable bonds is 5. The first-order valence-corrected chi connectivity index (χ1v) is 8.32. The van der Waals surface area contributed by atoms with Crippen LogP contribution < -0.4 is 5.84 Å². The minimum Gasteiger partial charge on any atom is -0.338 e. The lowest BCUT2D eigenvalue weighted by Gasteiger charge is -2.05. The third-order valence-corrected chi connectivity index (χ3v) is 4.44. The lowest BCUT2D eigenvalue weighted by atomic mass is 10.2. The van der Waals surface area contributed by atoms with Gasteiger partial charge in [0.05, 0.1) is 17.1 Å². The maximum Gasteiger partial charge on any atom is 0.239 e. The van der Waals surface area contributed by atoms with Crippen LogP contribution >= 0.6 is 11.8 Å². The Morgan fingerprint density at radius 2 is 1.87 bits per heavy atom. The number of aromatic nitrogens is 4. The minimum absolute atomic E-state index is 0.0247. The largest absolute Gasteiger partial charge is 0.338 e. The zero-order valence-electron chi connectivity index (χ0n) is 13.3. The summed E-state index contributed by atoms with van der Waals surface area (Å²) in [7, 11) is 0. The van der Waals surface area contributed by atoms with Crippen LogP contribution in [0.25, 0.3) is 11.3 Å². The van der Waals surface area contributed by atoms with Crippen molar-refractivity contribution in [3.63, 3.8) is 0 Å². The Morgan fingerprint density at radius 1 is 1.13 bits per heavy atom. The number of imidazole rings is 1. The van der Waals surface area contributed by atoms with E-state index in [1.807, 2.05) is 57.3 Å². The van der Waals surface area contributed by atoms with E-state index in [9.17, 15) is 0 Å². The molecule has 0 amide bonds. The second-order valence-corrected chi connectivity index (χ2v) is 6.90. The smallest absolute Gasteiger partial charge is 0.239 e. The Labute approximate surface area is 139 Å². The summed E-state index contributed by atoms with van der Waals surface area (Å²) < 4.78 is 6.86. The molecule has 0 bridgehead atoms. The van der Waals surface area contributed by atoms with Gasteiger partial charge in [0.25, 0.3) is 0 Å². The fourth-order valence-electron chi connectivity index (χ4n) is 2.07. The maximum absolute atomic E-state index is 6.03. The van der Waals surface area contributed by atoms with Crippen molar-refractivity contribution in [3.05, 3.63) is 48.2 Å². The van der Waals surface area contributed by atoms with Gasteiger partial charge in [-0.25, -0.2) is 9.66 Å². The molecule has 120 valence electrons. The fraction of sp³-hybridized carbons (Fsp3) is 0.312. The van der Waals surface area contributed by atoms with E-state index in [2.05, 4.69) is 15.1 Å². The number of thioether (sulfide) groups is 1. The van der Waals surface area contributed by atoms with E-state index in [4.69, 9.17) is 10.4 Å². The van der Waals surface area contributed by atoms with E-state index in [0.717, 1.165) is 11.3 Å².